The third-order valence-electron chi connectivity index (χ3n) is 11.6. The van der Waals surface area contributed by atoms with Gasteiger partial charge in [-0.3, -0.25) is 0 Å². The van der Waals surface area contributed by atoms with E-state index in [-0.39, 0.29) is 0 Å². The predicted octanol–water partition coefficient (Wildman–Crippen LogP) is 13.2. The maximum absolute atomic E-state index is 9.51. The molecule has 8 aromatic carbocycles. The third-order valence-corrected chi connectivity index (χ3v) is 11.6. The molecule has 0 N–H and O–H groups in total. The Hall–Kier alpha value is -7.87. The maximum atomic E-state index is 9.51. The summed E-state index contributed by atoms with van der Waals surface area (Å²) in [5.41, 5.74) is 16.0. The minimum Gasteiger partial charge on any atom is -0.457 e. The van der Waals surface area contributed by atoms with Crippen LogP contribution in [0.5, 0.6) is 11.5 Å². The molecule has 0 radical (unpaired) electrons. The Morgan fingerprint density at radius 2 is 0.845 bits per heavy atom. The first-order valence-corrected chi connectivity index (χ1v) is 19.4. The topological polar surface area (TPSA) is 58.8 Å². The normalized spacial score (nSPS) is 12.7. The summed E-state index contributed by atoms with van der Waals surface area (Å²) in [7, 11) is 0. The zero-order chi connectivity index (χ0) is 38.6. The van der Waals surface area contributed by atoms with Crippen LogP contribution in [0.15, 0.2) is 200 Å². The molecule has 0 saturated heterocycles. The number of hydrogen-bond acceptors (Lipinski definition) is 4. The molecule has 0 saturated carbocycles. The van der Waals surface area contributed by atoms with Gasteiger partial charge in [0.05, 0.1) is 28.4 Å². The Balaban J connectivity index is 1.15. The highest BCUT2D eigenvalue weighted by Gasteiger charge is 2.51. The summed E-state index contributed by atoms with van der Waals surface area (Å²) in [5.74, 6) is 2.34. The van der Waals surface area contributed by atoms with Gasteiger partial charge in [-0.25, -0.2) is 9.97 Å². The minimum atomic E-state index is -0.684. The van der Waals surface area contributed by atoms with E-state index in [1.165, 1.54) is 22.3 Å². The number of rotatable bonds is 5. The first kappa shape index (κ1) is 33.5. The number of nitriles is 1. The van der Waals surface area contributed by atoms with Gasteiger partial charge in [0.15, 0.2) is 5.82 Å². The van der Waals surface area contributed by atoms with Gasteiger partial charge in [-0.1, -0.05) is 152 Å². The number of hydrogen-bond donors (Lipinski definition) is 0. The zero-order valence-electron chi connectivity index (χ0n) is 31.3. The second kappa shape index (κ2) is 13.4. The zero-order valence-corrected chi connectivity index (χ0v) is 31.3. The van der Waals surface area contributed by atoms with Gasteiger partial charge in [0.1, 0.15) is 11.5 Å². The van der Waals surface area contributed by atoms with Crippen molar-refractivity contribution in [2.45, 2.75) is 5.41 Å². The van der Waals surface area contributed by atoms with Crippen LogP contribution in [0.1, 0.15) is 27.8 Å². The van der Waals surface area contributed by atoms with E-state index >= 15 is 0 Å². The molecule has 58 heavy (non-hydrogen) atoms. The molecule has 0 atom stereocenters. The first-order valence-electron chi connectivity index (χ1n) is 19.4. The fourth-order valence-corrected chi connectivity index (χ4v) is 8.92. The van der Waals surface area contributed by atoms with Crippen molar-refractivity contribution in [3.8, 4) is 84.9 Å². The summed E-state index contributed by atoms with van der Waals surface area (Å²) < 4.78 is 6.67. The summed E-state index contributed by atoms with van der Waals surface area (Å²) in [5, 5.41) is 9.51. The van der Waals surface area contributed by atoms with Crippen molar-refractivity contribution in [3.05, 3.63) is 228 Å². The second-order valence-electron chi connectivity index (χ2n) is 14.8. The van der Waals surface area contributed by atoms with E-state index in [1.54, 1.807) is 0 Å². The lowest BCUT2D eigenvalue weighted by Gasteiger charge is -2.39. The van der Waals surface area contributed by atoms with E-state index in [4.69, 9.17) is 14.7 Å². The van der Waals surface area contributed by atoms with E-state index in [2.05, 4.69) is 146 Å². The molecule has 1 aromatic heterocycles. The highest BCUT2D eigenvalue weighted by Crippen LogP contribution is 2.62. The van der Waals surface area contributed by atoms with Crippen molar-refractivity contribution in [2.24, 2.45) is 0 Å². The van der Waals surface area contributed by atoms with Gasteiger partial charge in [-0.05, 0) is 93.0 Å². The molecule has 0 unspecified atom stereocenters. The molecule has 0 amide bonds. The Bertz CT molecular complexity index is 3050. The highest BCUT2D eigenvalue weighted by molar-refractivity contribution is 5.92. The molecule has 11 rings (SSSR count). The fraction of sp³-hybridized carbons (Fsp3) is 0.0185. The third kappa shape index (κ3) is 5.29. The van der Waals surface area contributed by atoms with Gasteiger partial charge < -0.3 is 4.74 Å². The summed E-state index contributed by atoms with van der Waals surface area (Å²) in [6, 6.07) is 72.0. The van der Waals surface area contributed by atoms with Gasteiger partial charge in [0.25, 0.3) is 0 Å². The lowest BCUT2D eigenvalue weighted by Crippen LogP contribution is -2.32. The van der Waals surface area contributed by atoms with E-state index < -0.39 is 5.41 Å². The van der Waals surface area contributed by atoms with Gasteiger partial charge >= 0.3 is 0 Å². The molecule has 270 valence electrons. The van der Waals surface area contributed by atoms with Crippen LogP contribution in [0.25, 0.3) is 67.3 Å². The molecular formula is C54H33N3O. The van der Waals surface area contributed by atoms with E-state index in [0.29, 0.717) is 11.4 Å². The van der Waals surface area contributed by atoms with Crippen LogP contribution in [0.2, 0.25) is 0 Å². The number of benzene rings is 8. The van der Waals surface area contributed by atoms with Crippen LogP contribution >= 0.6 is 0 Å². The van der Waals surface area contributed by atoms with Crippen molar-refractivity contribution in [1.29, 1.82) is 5.26 Å². The summed E-state index contributed by atoms with van der Waals surface area (Å²) in [6.07, 6.45) is 0. The van der Waals surface area contributed by atoms with Crippen LogP contribution in [0.4, 0.5) is 0 Å². The van der Waals surface area contributed by atoms with Crippen LogP contribution in [0.3, 0.4) is 0 Å². The Morgan fingerprint density at radius 1 is 0.379 bits per heavy atom. The lowest BCUT2D eigenvalue weighted by molar-refractivity contribution is 0.436. The Morgan fingerprint density at radius 3 is 1.48 bits per heavy atom. The minimum absolute atomic E-state index is 0.640. The van der Waals surface area contributed by atoms with Crippen molar-refractivity contribution in [1.82, 2.24) is 9.97 Å². The molecule has 4 nitrogen and oxygen atoms in total. The molecule has 4 heteroatoms. The monoisotopic (exact) mass is 739 g/mol. The van der Waals surface area contributed by atoms with Gasteiger partial charge in [-0.15, -0.1) is 0 Å². The number of para-hydroxylation sites is 2. The number of nitrogens with zero attached hydrogens (tertiary/aromatic N) is 3. The first-order chi connectivity index (χ1) is 28.7. The second-order valence-corrected chi connectivity index (χ2v) is 14.8. The SMILES string of the molecule is N#Cc1ccc(-c2ccc3c(c2)C2(c4ccccc4Oc4ccccc42)c2cc(-c4cc(-c5cccc(-c6ccccc6)c5)nc(-c5ccccc5)n4)ccc2-3)cc1. The fourth-order valence-electron chi connectivity index (χ4n) is 8.92. The van der Waals surface area contributed by atoms with Crippen LogP contribution in [-0.2, 0) is 5.41 Å². The molecule has 2 aliphatic rings. The summed E-state index contributed by atoms with van der Waals surface area (Å²) in [6.45, 7) is 0. The number of fused-ring (bicyclic) bond motifs is 9. The average molecular weight is 740 g/mol. The van der Waals surface area contributed by atoms with Crippen LogP contribution in [0, 0.1) is 11.3 Å². The molecular weight excluding hydrogens is 707 g/mol. The van der Waals surface area contributed by atoms with Gasteiger partial charge in [0.2, 0.25) is 0 Å². The maximum Gasteiger partial charge on any atom is 0.160 e. The number of aromatic nitrogens is 2. The molecule has 2 heterocycles. The van der Waals surface area contributed by atoms with Crippen LogP contribution in [-0.4, -0.2) is 9.97 Å². The molecule has 0 fully saturated rings. The predicted molar refractivity (Wildman–Crippen MR) is 231 cm³/mol. The van der Waals surface area contributed by atoms with Crippen molar-refractivity contribution in [2.75, 3.05) is 0 Å². The molecule has 9 aromatic rings. The summed E-state index contributed by atoms with van der Waals surface area (Å²) in [4.78, 5) is 10.5. The number of ether oxygens (including phenoxy) is 1. The quantitative estimate of drug-likeness (QED) is 0.176. The Labute approximate surface area is 337 Å². The van der Waals surface area contributed by atoms with E-state index in [9.17, 15) is 5.26 Å². The van der Waals surface area contributed by atoms with Gasteiger partial charge in [-0.2, -0.15) is 5.26 Å². The van der Waals surface area contributed by atoms with Gasteiger partial charge in [0, 0.05) is 27.8 Å². The van der Waals surface area contributed by atoms with Crippen LogP contribution < -0.4 is 4.74 Å². The van der Waals surface area contributed by atoms with Crippen molar-refractivity contribution < 1.29 is 4.74 Å². The molecule has 1 aliphatic heterocycles. The van der Waals surface area contributed by atoms with E-state index in [0.717, 1.165) is 73.0 Å². The summed E-state index contributed by atoms with van der Waals surface area (Å²) >= 11 is 0. The Kier molecular flexibility index (Phi) is 7.74. The average Bonchev–Trinajstić information content (AvgIpc) is 3.58. The standard InChI is InChI=1S/C54H33N3O/c55-34-35-22-24-37(25-23-35)40-26-28-43-44-29-27-42(32-48(44)54(47(43)31-40)45-18-7-9-20-51(45)58-52-21-10-8-19-46(52)54)50-33-49(56-53(57-50)38-14-5-2-6-15-38)41-17-11-16-39(30-41)36-12-3-1-4-13-36/h1-33H. The van der Waals surface area contributed by atoms with Crippen molar-refractivity contribution in [3.63, 3.8) is 0 Å². The highest BCUT2D eigenvalue weighted by atomic mass is 16.5. The largest absolute Gasteiger partial charge is 0.457 e. The molecule has 1 aliphatic carbocycles. The molecule has 1 spiro atoms. The molecule has 0 bridgehead atoms. The van der Waals surface area contributed by atoms with E-state index in [1.807, 2.05) is 60.7 Å². The lowest BCUT2D eigenvalue weighted by atomic mass is 9.65. The smallest absolute Gasteiger partial charge is 0.160 e. The van der Waals surface area contributed by atoms with Crippen molar-refractivity contribution >= 4 is 0 Å².